The van der Waals surface area contributed by atoms with Gasteiger partial charge < -0.3 is 14.4 Å². The quantitative estimate of drug-likeness (QED) is 0.839. The van der Waals surface area contributed by atoms with Crippen LogP contribution in [0.4, 0.5) is 0 Å². The Kier molecular flexibility index (Phi) is 5.32. The van der Waals surface area contributed by atoms with E-state index in [0.29, 0.717) is 41.7 Å². The molecule has 1 fully saturated rings. The standard InChI is InChI=1S/C20H20N2O3/c1-22(13-15-10-11-24-14-15)20(23)17-7-3-5-9-19(17)25-18-8-4-2-6-16(18)12-21/h2-9,15H,10-11,13-14H2,1H3/t15-/m1/s1. The van der Waals surface area contributed by atoms with Gasteiger partial charge in [-0.15, -0.1) is 0 Å². The van der Waals surface area contributed by atoms with Crippen molar-refractivity contribution in [3.8, 4) is 17.6 Å². The van der Waals surface area contributed by atoms with Gasteiger partial charge in [0, 0.05) is 26.1 Å². The first kappa shape index (κ1) is 17.0. The van der Waals surface area contributed by atoms with Crippen molar-refractivity contribution in [3.05, 3.63) is 59.7 Å². The highest BCUT2D eigenvalue weighted by Gasteiger charge is 2.23. The van der Waals surface area contributed by atoms with Crippen LogP contribution in [-0.4, -0.2) is 37.6 Å². The largest absolute Gasteiger partial charge is 0.455 e. The van der Waals surface area contributed by atoms with Crippen LogP contribution >= 0.6 is 0 Å². The number of carbonyl (C=O) groups is 1. The highest BCUT2D eigenvalue weighted by molar-refractivity contribution is 5.96. The van der Waals surface area contributed by atoms with Gasteiger partial charge in [0.25, 0.3) is 5.91 Å². The summed E-state index contributed by atoms with van der Waals surface area (Å²) in [5.74, 6) is 1.17. The fraction of sp³-hybridized carbons (Fsp3) is 0.300. The molecule has 2 aromatic carbocycles. The average molecular weight is 336 g/mol. The number of hydrogen-bond acceptors (Lipinski definition) is 4. The third-order valence-corrected chi connectivity index (χ3v) is 4.25. The van der Waals surface area contributed by atoms with E-state index in [1.807, 2.05) is 12.1 Å². The molecule has 128 valence electrons. The molecule has 0 aromatic heterocycles. The lowest BCUT2D eigenvalue weighted by Gasteiger charge is -2.21. The summed E-state index contributed by atoms with van der Waals surface area (Å²) in [5.41, 5.74) is 0.915. The Morgan fingerprint density at radius 3 is 2.68 bits per heavy atom. The average Bonchev–Trinajstić information content (AvgIpc) is 3.15. The van der Waals surface area contributed by atoms with E-state index in [2.05, 4.69) is 6.07 Å². The lowest BCUT2D eigenvalue weighted by molar-refractivity contribution is 0.0763. The van der Waals surface area contributed by atoms with Gasteiger partial charge in [-0.05, 0) is 30.7 Å². The summed E-state index contributed by atoms with van der Waals surface area (Å²) in [6.45, 7) is 2.12. The van der Waals surface area contributed by atoms with Crippen LogP contribution in [0, 0.1) is 17.2 Å². The monoisotopic (exact) mass is 336 g/mol. The molecule has 1 saturated heterocycles. The van der Waals surface area contributed by atoms with E-state index in [4.69, 9.17) is 9.47 Å². The van der Waals surface area contributed by atoms with Crippen LogP contribution in [-0.2, 0) is 4.74 Å². The van der Waals surface area contributed by atoms with Gasteiger partial charge >= 0.3 is 0 Å². The summed E-state index contributed by atoms with van der Waals surface area (Å²) in [4.78, 5) is 14.5. The molecule has 1 amide bonds. The molecule has 1 aliphatic heterocycles. The van der Waals surface area contributed by atoms with Gasteiger partial charge in [-0.3, -0.25) is 4.79 Å². The smallest absolute Gasteiger partial charge is 0.257 e. The fourth-order valence-electron chi connectivity index (χ4n) is 2.90. The SMILES string of the molecule is CN(C[C@H]1CCOC1)C(=O)c1ccccc1Oc1ccccc1C#N. The Hall–Kier alpha value is -2.84. The minimum Gasteiger partial charge on any atom is -0.455 e. The van der Waals surface area contributed by atoms with Crippen LogP contribution in [0.15, 0.2) is 48.5 Å². The van der Waals surface area contributed by atoms with Crippen molar-refractivity contribution in [2.75, 3.05) is 26.8 Å². The number of hydrogen-bond donors (Lipinski definition) is 0. The van der Waals surface area contributed by atoms with Crippen LogP contribution < -0.4 is 4.74 Å². The maximum absolute atomic E-state index is 12.8. The van der Waals surface area contributed by atoms with Crippen molar-refractivity contribution in [1.29, 1.82) is 5.26 Å². The van der Waals surface area contributed by atoms with Gasteiger partial charge in [0.2, 0.25) is 0 Å². The maximum Gasteiger partial charge on any atom is 0.257 e. The van der Waals surface area contributed by atoms with Gasteiger partial charge in [0.1, 0.15) is 17.6 Å². The second-order valence-corrected chi connectivity index (χ2v) is 6.12. The van der Waals surface area contributed by atoms with Crippen LogP contribution in [0.3, 0.4) is 0 Å². The number of para-hydroxylation sites is 2. The predicted molar refractivity (Wildman–Crippen MR) is 93.6 cm³/mol. The lowest BCUT2D eigenvalue weighted by Crippen LogP contribution is -2.32. The van der Waals surface area contributed by atoms with Crippen molar-refractivity contribution >= 4 is 5.91 Å². The summed E-state index contributed by atoms with van der Waals surface area (Å²) in [5, 5.41) is 9.21. The number of rotatable bonds is 5. The van der Waals surface area contributed by atoms with Gasteiger partial charge in [-0.1, -0.05) is 24.3 Å². The van der Waals surface area contributed by atoms with E-state index in [1.54, 1.807) is 48.3 Å². The highest BCUT2D eigenvalue weighted by atomic mass is 16.5. The zero-order valence-corrected chi connectivity index (χ0v) is 14.1. The van der Waals surface area contributed by atoms with Crippen molar-refractivity contribution < 1.29 is 14.3 Å². The van der Waals surface area contributed by atoms with E-state index >= 15 is 0 Å². The molecule has 1 atom stereocenters. The molecule has 0 unspecified atom stereocenters. The Labute approximate surface area is 147 Å². The third-order valence-electron chi connectivity index (χ3n) is 4.25. The molecule has 5 heteroatoms. The first-order valence-electron chi connectivity index (χ1n) is 8.28. The number of nitrogens with zero attached hydrogens (tertiary/aromatic N) is 2. The Balaban J connectivity index is 1.80. The number of ether oxygens (including phenoxy) is 2. The van der Waals surface area contributed by atoms with E-state index in [1.165, 1.54) is 0 Å². The highest BCUT2D eigenvalue weighted by Crippen LogP contribution is 2.28. The van der Waals surface area contributed by atoms with Gasteiger partial charge in [-0.25, -0.2) is 0 Å². The molecule has 0 bridgehead atoms. The number of nitriles is 1. The Bertz CT molecular complexity index is 792. The van der Waals surface area contributed by atoms with Crippen molar-refractivity contribution in [2.24, 2.45) is 5.92 Å². The second kappa shape index (κ2) is 7.82. The normalized spacial score (nSPS) is 16.2. The summed E-state index contributed by atoms with van der Waals surface area (Å²) < 4.78 is 11.3. The third kappa shape index (κ3) is 3.98. The molecule has 0 spiro atoms. The minimum absolute atomic E-state index is 0.100. The molecule has 0 radical (unpaired) electrons. The zero-order chi connectivity index (χ0) is 17.6. The topological polar surface area (TPSA) is 62.6 Å². The molecule has 0 N–H and O–H groups in total. The Morgan fingerprint density at radius 1 is 1.24 bits per heavy atom. The molecular weight excluding hydrogens is 316 g/mol. The minimum atomic E-state index is -0.100. The number of carbonyl (C=O) groups excluding carboxylic acids is 1. The zero-order valence-electron chi connectivity index (χ0n) is 14.1. The lowest BCUT2D eigenvalue weighted by atomic mass is 10.1. The van der Waals surface area contributed by atoms with Crippen LogP contribution in [0.25, 0.3) is 0 Å². The second-order valence-electron chi connectivity index (χ2n) is 6.12. The van der Waals surface area contributed by atoms with Crippen molar-refractivity contribution in [1.82, 2.24) is 4.90 Å². The number of benzene rings is 2. The van der Waals surface area contributed by atoms with Gasteiger partial charge in [-0.2, -0.15) is 5.26 Å². The van der Waals surface area contributed by atoms with Crippen LogP contribution in [0.5, 0.6) is 11.5 Å². The van der Waals surface area contributed by atoms with Crippen LogP contribution in [0.1, 0.15) is 22.3 Å². The van der Waals surface area contributed by atoms with Crippen molar-refractivity contribution in [3.63, 3.8) is 0 Å². The summed E-state index contributed by atoms with van der Waals surface area (Å²) in [7, 11) is 1.79. The van der Waals surface area contributed by atoms with E-state index in [-0.39, 0.29) is 5.91 Å². The molecule has 2 aromatic rings. The van der Waals surface area contributed by atoms with E-state index < -0.39 is 0 Å². The maximum atomic E-state index is 12.8. The number of amides is 1. The van der Waals surface area contributed by atoms with E-state index in [0.717, 1.165) is 13.0 Å². The first-order chi connectivity index (χ1) is 12.2. The summed E-state index contributed by atoms with van der Waals surface area (Å²) in [6.07, 6.45) is 0.977. The van der Waals surface area contributed by atoms with Crippen molar-refractivity contribution in [2.45, 2.75) is 6.42 Å². The molecular formula is C20H20N2O3. The first-order valence-corrected chi connectivity index (χ1v) is 8.28. The van der Waals surface area contributed by atoms with E-state index in [9.17, 15) is 10.1 Å². The predicted octanol–water partition coefficient (Wildman–Crippen LogP) is 3.46. The van der Waals surface area contributed by atoms with Crippen LogP contribution in [0.2, 0.25) is 0 Å². The summed E-state index contributed by atoms with van der Waals surface area (Å²) in [6, 6.07) is 16.2. The molecule has 1 heterocycles. The molecule has 3 rings (SSSR count). The molecule has 0 aliphatic carbocycles. The molecule has 1 aliphatic rings. The fourth-order valence-corrected chi connectivity index (χ4v) is 2.90. The van der Waals surface area contributed by atoms with Gasteiger partial charge in [0.05, 0.1) is 17.7 Å². The molecule has 0 saturated carbocycles. The molecule has 25 heavy (non-hydrogen) atoms. The molecule has 5 nitrogen and oxygen atoms in total. The van der Waals surface area contributed by atoms with Gasteiger partial charge in [0.15, 0.2) is 0 Å². The summed E-state index contributed by atoms with van der Waals surface area (Å²) >= 11 is 0. The Morgan fingerprint density at radius 2 is 1.96 bits per heavy atom.